The Kier molecular flexibility index (Phi) is 4.95. The van der Waals surface area contributed by atoms with E-state index in [2.05, 4.69) is 15.6 Å². The number of hydrogen-bond acceptors (Lipinski definition) is 3. The van der Waals surface area contributed by atoms with Crippen molar-refractivity contribution < 1.29 is 9.18 Å². The maximum absolute atomic E-state index is 13.7. The van der Waals surface area contributed by atoms with E-state index in [1.54, 1.807) is 30.3 Å². The first kappa shape index (κ1) is 16.9. The minimum Gasteiger partial charge on any atom is -0.340 e. The van der Waals surface area contributed by atoms with Gasteiger partial charge in [-0.3, -0.25) is 4.79 Å². The van der Waals surface area contributed by atoms with Crippen LogP contribution in [0.2, 0.25) is 5.02 Å². The van der Waals surface area contributed by atoms with Crippen LogP contribution in [0.3, 0.4) is 0 Å². The average molecular weight is 356 g/mol. The second kappa shape index (κ2) is 7.32. The molecule has 0 spiro atoms. The summed E-state index contributed by atoms with van der Waals surface area (Å²) in [7, 11) is 0. The molecule has 0 saturated carbocycles. The molecule has 2 aromatic carbocycles. The smallest absolute Gasteiger partial charge is 0.255 e. The number of pyridine rings is 1. The molecule has 0 radical (unpaired) electrons. The van der Waals surface area contributed by atoms with Crippen LogP contribution in [0, 0.1) is 12.7 Å². The fourth-order valence-corrected chi connectivity index (χ4v) is 2.40. The van der Waals surface area contributed by atoms with Gasteiger partial charge in [0.25, 0.3) is 5.91 Å². The molecule has 0 aliphatic rings. The Bertz CT molecular complexity index is 930. The molecule has 0 aliphatic heterocycles. The standard InChI is InChI=1S/C19H15ClFN3O/c1-12-6-7-14(11-15(12)20)23-18-10-13(8-9-22-18)19(25)24-17-5-3-2-4-16(17)21/h2-11H,1H3,(H,22,23)(H,24,25). The first-order chi connectivity index (χ1) is 12.0. The Balaban J connectivity index is 1.77. The van der Waals surface area contributed by atoms with Gasteiger partial charge < -0.3 is 10.6 Å². The highest BCUT2D eigenvalue weighted by molar-refractivity contribution is 6.31. The minimum absolute atomic E-state index is 0.129. The lowest BCUT2D eigenvalue weighted by Gasteiger charge is -2.09. The molecule has 0 unspecified atom stereocenters. The quantitative estimate of drug-likeness (QED) is 0.678. The van der Waals surface area contributed by atoms with Gasteiger partial charge in [-0.2, -0.15) is 0 Å². The Morgan fingerprint density at radius 2 is 1.92 bits per heavy atom. The topological polar surface area (TPSA) is 54.0 Å². The molecule has 3 aromatic rings. The third-order valence-electron chi connectivity index (χ3n) is 3.59. The molecule has 126 valence electrons. The highest BCUT2D eigenvalue weighted by atomic mass is 35.5. The second-order valence-electron chi connectivity index (χ2n) is 5.45. The van der Waals surface area contributed by atoms with Crippen molar-refractivity contribution in [2.45, 2.75) is 6.92 Å². The van der Waals surface area contributed by atoms with Gasteiger partial charge in [-0.25, -0.2) is 9.37 Å². The molecule has 25 heavy (non-hydrogen) atoms. The van der Waals surface area contributed by atoms with E-state index in [-0.39, 0.29) is 5.69 Å². The number of hydrogen-bond donors (Lipinski definition) is 2. The molecule has 0 fully saturated rings. The Hall–Kier alpha value is -2.92. The molecule has 1 heterocycles. The number of nitrogens with zero attached hydrogens (tertiary/aromatic N) is 1. The van der Waals surface area contributed by atoms with Crippen LogP contribution in [-0.2, 0) is 0 Å². The van der Waals surface area contributed by atoms with Crippen LogP contribution in [0.25, 0.3) is 0 Å². The molecule has 2 N–H and O–H groups in total. The number of carbonyl (C=O) groups excluding carboxylic acids is 1. The van der Waals surface area contributed by atoms with Crippen molar-refractivity contribution in [2.75, 3.05) is 10.6 Å². The maximum Gasteiger partial charge on any atom is 0.255 e. The first-order valence-electron chi connectivity index (χ1n) is 7.58. The Morgan fingerprint density at radius 3 is 2.68 bits per heavy atom. The van der Waals surface area contributed by atoms with E-state index in [0.29, 0.717) is 16.4 Å². The molecule has 0 saturated heterocycles. The number of benzene rings is 2. The largest absolute Gasteiger partial charge is 0.340 e. The summed E-state index contributed by atoms with van der Waals surface area (Å²) >= 11 is 6.11. The van der Waals surface area contributed by atoms with Crippen LogP contribution in [0.4, 0.5) is 21.6 Å². The molecule has 0 bridgehead atoms. The highest BCUT2D eigenvalue weighted by Crippen LogP contribution is 2.23. The average Bonchev–Trinajstić information content (AvgIpc) is 2.60. The summed E-state index contributed by atoms with van der Waals surface area (Å²) < 4.78 is 13.7. The Labute approximate surface area is 149 Å². The van der Waals surface area contributed by atoms with E-state index >= 15 is 0 Å². The first-order valence-corrected chi connectivity index (χ1v) is 7.96. The van der Waals surface area contributed by atoms with Crippen LogP contribution in [-0.4, -0.2) is 10.9 Å². The van der Waals surface area contributed by atoms with E-state index in [9.17, 15) is 9.18 Å². The molecular weight excluding hydrogens is 341 g/mol. The maximum atomic E-state index is 13.7. The number of rotatable bonds is 4. The SMILES string of the molecule is Cc1ccc(Nc2cc(C(=O)Nc3ccccc3F)ccn2)cc1Cl. The van der Waals surface area contributed by atoms with Crippen LogP contribution in [0.1, 0.15) is 15.9 Å². The van der Waals surface area contributed by atoms with Crippen LogP contribution >= 0.6 is 11.6 Å². The summed E-state index contributed by atoms with van der Waals surface area (Å²) in [6.07, 6.45) is 1.51. The molecule has 3 rings (SSSR count). The van der Waals surface area contributed by atoms with Gasteiger partial charge in [0.15, 0.2) is 0 Å². The molecule has 6 heteroatoms. The monoisotopic (exact) mass is 355 g/mol. The predicted octanol–water partition coefficient (Wildman–Crippen LogP) is 5.18. The van der Waals surface area contributed by atoms with Crippen LogP contribution < -0.4 is 10.6 Å². The fraction of sp³-hybridized carbons (Fsp3) is 0.0526. The fourth-order valence-electron chi connectivity index (χ4n) is 2.22. The van der Waals surface area contributed by atoms with Crippen molar-refractivity contribution in [1.82, 2.24) is 4.98 Å². The summed E-state index contributed by atoms with van der Waals surface area (Å²) in [5, 5.41) is 6.27. The van der Waals surface area contributed by atoms with Crippen LogP contribution in [0.5, 0.6) is 0 Å². The summed E-state index contributed by atoms with van der Waals surface area (Å²) in [4.78, 5) is 16.5. The lowest BCUT2D eigenvalue weighted by molar-refractivity contribution is 0.102. The normalized spacial score (nSPS) is 10.4. The number of aromatic nitrogens is 1. The molecule has 1 amide bonds. The molecule has 0 aliphatic carbocycles. The lowest BCUT2D eigenvalue weighted by Crippen LogP contribution is -2.13. The van der Waals surface area contributed by atoms with Gasteiger partial charge in [-0.1, -0.05) is 29.8 Å². The lowest BCUT2D eigenvalue weighted by atomic mass is 10.2. The number of para-hydroxylation sites is 1. The third-order valence-corrected chi connectivity index (χ3v) is 4.00. The zero-order valence-corrected chi connectivity index (χ0v) is 14.1. The second-order valence-corrected chi connectivity index (χ2v) is 5.86. The number of nitrogens with one attached hydrogen (secondary N) is 2. The molecular formula is C19H15ClFN3O. The molecule has 0 atom stereocenters. The summed E-state index contributed by atoms with van der Waals surface area (Å²) in [5.41, 5.74) is 2.22. The van der Waals surface area contributed by atoms with Gasteiger partial charge in [0, 0.05) is 22.5 Å². The van der Waals surface area contributed by atoms with Gasteiger partial charge in [0.2, 0.25) is 0 Å². The van der Waals surface area contributed by atoms with Crippen molar-refractivity contribution in [3.63, 3.8) is 0 Å². The van der Waals surface area contributed by atoms with E-state index in [1.165, 1.54) is 18.3 Å². The van der Waals surface area contributed by atoms with Crippen molar-refractivity contribution in [3.05, 3.63) is 82.8 Å². The summed E-state index contributed by atoms with van der Waals surface area (Å²) in [5.74, 6) is -0.420. The van der Waals surface area contributed by atoms with Gasteiger partial charge in [-0.15, -0.1) is 0 Å². The predicted molar refractivity (Wildman–Crippen MR) is 98.1 cm³/mol. The van der Waals surface area contributed by atoms with E-state index in [4.69, 9.17) is 11.6 Å². The van der Waals surface area contributed by atoms with Crippen molar-refractivity contribution in [3.8, 4) is 0 Å². The van der Waals surface area contributed by atoms with Gasteiger partial charge in [0.05, 0.1) is 5.69 Å². The van der Waals surface area contributed by atoms with Crippen molar-refractivity contribution in [2.24, 2.45) is 0 Å². The molecule has 1 aromatic heterocycles. The van der Waals surface area contributed by atoms with Crippen LogP contribution in [0.15, 0.2) is 60.8 Å². The van der Waals surface area contributed by atoms with Gasteiger partial charge in [-0.05, 0) is 48.9 Å². The number of amides is 1. The third kappa shape index (κ3) is 4.14. The number of anilines is 3. The van der Waals surface area contributed by atoms with Crippen molar-refractivity contribution >= 4 is 34.7 Å². The highest BCUT2D eigenvalue weighted by Gasteiger charge is 2.10. The number of aryl methyl sites for hydroxylation is 1. The minimum atomic E-state index is -0.488. The summed E-state index contributed by atoms with van der Waals surface area (Å²) in [6.45, 7) is 1.91. The van der Waals surface area contributed by atoms with E-state index in [1.807, 2.05) is 19.1 Å². The number of carbonyl (C=O) groups is 1. The Morgan fingerprint density at radius 1 is 1.12 bits per heavy atom. The zero-order valence-electron chi connectivity index (χ0n) is 13.4. The van der Waals surface area contributed by atoms with Gasteiger partial charge >= 0.3 is 0 Å². The van der Waals surface area contributed by atoms with Gasteiger partial charge in [0.1, 0.15) is 11.6 Å². The molecule has 4 nitrogen and oxygen atoms in total. The van der Waals surface area contributed by atoms with Crippen molar-refractivity contribution in [1.29, 1.82) is 0 Å². The summed E-state index contributed by atoms with van der Waals surface area (Å²) in [6, 6.07) is 14.7. The number of halogens is 2. The zero-order chi connectivity index (χ0) is 17.8. The van der Waals surface area contributed by atoms with E-state index < -0.39 is 11.7 Å². The van der Waals surface area contributed by atoms with E-state index in [0.717, 1.165) is 11.3 Å².